The first-order valence-corrected chi connectivity index (χ1v) is 32.2. The molecule has 80 heavy (non-hydrogen) atoms. The maximum Gasteiger partial charge on any atom is 0.333 e. The van der Waals surface area contributed by atoms with Crippen LogP contribution in [-0.2, 0) is 31.9 Å². The highest BCUT2D eigenvalue weighted by atomic mass is 31.2. The molecule has 2 aliphatic rings. The number of ether oxygens (including phenoxy) is 2. The average molecular weight is 1140 g/mol. The van der Waals surface area contributed by atoms with E-state index in [0.29, 0.717) is 17.7 Å². The van der Waals surface area contributed by atoms with Crippen LogP contribution in [-0.4, -0.2) is 87.0 Å². The molecule has 2 fully saturated rings. The summed E-state index contributed by atoms with van der Waals surface area (Å²) in [6.45, 7) is 16.8. The number of benzene rings is 5. The van der Waals surface area contributed by atoms with Gasteiger partial charge in [0.1, 0.15) is 30.8 Å². The number of hydrogen-bond acceptors (Lipinski definition) is 12. The van der Waals surface area contributed by atoms with Gasteiger partial charge in [0, 0.05) is 42.9 Å². The van der Waals surface area contributed by atoms with Crippen molar-refractivity contribution < 1.29 is 31.9 Å². The Hall–Kier alpha value is -6.00. The number of H-pyrrole nitrogens is 2. The van der Waals surface area contributed by atoms with Crippen LogP contribution in [0.5, 0.6) is 0 Å². The normalized spacial score (nSPS) is 20.7. The van der Waals surface area contributed by atoms with Gasteiger partial charge in [0.25, 0.3) is 27.8 Å². The smallest absolute Gasteiger partial charge is 0.333 e. The van der Waals surface area contributed by atoms with Crippen LogP contribution in [0.3, 0.4) is 0 Å². The monoisotopic (exact) mass is 1140 g/mol. The predicted octanol–water partition coefficient (Wildman–Crippen LogP) is 7.41. The fraction of sp³-hybridized carbons (Fsp3) is 0.377. The van der Waals surface area contributed by atoms with Gasteiger partial charge in [-0.2, -0.15) is 0 Å². The van der Waals surface area contributed by atoms with Gasteiger partial charge in [0.15, 0.2) is 0 Å². The number of hydrogen-bond donors (Lipinski definition) is 3. The Kier molecular flexibility index (Phi) is 18.3. The van der Waals surface area contributed by atoms with Gasteiger partial charge in [-0.25, -0.2) is 9.59 Å². The minimum atomic E-state index is -3.26. The van der Waals surface area contributed by atoms with Crippen LogP contribution < -0.4 is 48.6 Å². The molecule has 0 bridgehead atoms. The predicted molar refractivity (Wildman–Crippen MR) is 317 cm³/mol. The summed E-state index contributed by atoms with van der Waals surface area (Å²) in [6, 6.07) is 51.0. The molecule has 0 saturated carbocycles. The maximum atomic E-state index is 13.7. The molecule has 16 nitrogen and oxygen atoms in total. The minimum Gasteiger partial charge on any atom is -0.405 e. The Morgan fingerprint density at radius 1 is 0.588 bits per heavy atom. The lowest BCUT2D eigenvalue weighted by Crippen LogP contribution is -2.68. The molecule has 0 amide bonds. The molecule has 19 heteroatoms. The molecule has 9 rings (SSSR count). The van der Waals surface area contributed by atoms with E-state index in [1.807, 2.05) is 110 Å². The Morgan fingerprint density at radius 3 is 1.41 bits per heavy atom. The first-order chi connectivity index (χ1) is 38.3. The molecule has 1 unspecified atom stereocenters. The van der Waals surface area contributed by atoms with Crippen molar-refractivity contribution in [3.63, 3.8) is 0 Å². The van der Waals surface area contributed by atoms with Crippen LogP contribution in [0.1, 0.15) is 89.6 Å². The largest absolute Gasteiger partial charge is 0.405 e. The molecule has 3 N–H and O–H groups in total. The lowest BCUT2D eigenvalue weighted by Gasteiger charge is -2.45. The topological polar surface area (TPSA) is 186 Å². The number of aromatic nitrogens is 4. The maximum absolute atomic E-state index is 13.7. The van der Waals surface area contributed by atoms with Gasteiger partial charge in [-0.15, -0.1) is 0 Å². The standard InChI is InChI=1S/C61H74N5O11PSi2/c1-42-38-65(58(69)63-56(42)67)54-35-49(53(74-54)41-72-79(60(3,4)5,45-27-17-11-18-28-45)46-29-19-12-20-30-46)75-78(76-51(37-62-9)44-25-15-10-16-26-44)71-40-52-50(36-55(73-52)66-39-43(2)57(68)64-59(66)70)77-80(61(6,7)8,47-31-21-13-22-32-47)48-33-23-14-24-34-48/h10-34,38-39,49-55,62H,35-37,40-41H2,1-9H3,(H,63,67,69)(H,64,68,70)/t49-,50-,51-,52+,53+,54+,55+,78?/m0/s1. The molecule has 8 atom stereocenters. The SMILES string of the molecule is CNC[C@H](OP(OC[C@H]1O[C@@H](n2cc(C)c(=O)[nH]c2=O)C[C@@H]1O[Si](c1ccccc1)(c1ccccc1)C(C)(C)C)O[C@H]1C[C@H](n2cc(C)c(=O)[nH]c2=O)O[C@@H]1CO[Si](c1ccccc1)(c1ccccc1)C(C)(C)C)c1ccccc1. The zero-order valence-corrected chi connectivity index (χ0v) is 49.9. The van der Waals surface area contributed by atoms with E-state index in [0.717, 1.165) is 26.3 Å². The summed E-state index contributed by atoms with van der Waals surface area (Å²) in [5, 5.41) is 6.76. The van der Waals surface area contributed by atoms with Gasteiger partial charge in [-0.3, -0.25) is 28.7 Å². The number of aromatic amines is 2. The molecule has 0 spiro atoms. The van der Waals surface area contributed by atoms with Crippen molar-refractivity contribution in [1.29, 1.82) is 0 Å². The van der Waals surface area contributed by atoms with Crippen LogP contribution in [0.25, 0.3) is 0 Å². The molecular formula is C61H74N5O11PSi2. The number of nitrogens with zero attached hydrogens (tertiary/aromatic N) is 2. The third kappa shape index (κ3) is 12.4. The molecule has 422 valence electrons. The molecule has 4 heterocycles. The number of aryl methyl sites for hydroxylation is 2. The van der Waals surface area contributed by atoms with E-state index >= 15 is 0 Å². The van der Waals surface area contributed by atoms with E-state index < -0.39 is 95.7 Å². The van der Waals surface area contributed by atoms with E-state index in [-0.39, 0.29) is 31.1 Å². The van der Waals surface area contributed by atoms with Gasteiger partial charge >= 0.3 is 20.0 Å². The Labute approximate surface area is 470 Å². The third-order valence-corrected chi connectivity index (χ3v) is 26.5. The van der Waals surface area contributed by atoms with Crippen LogP contribution in [0.2, 0.25) is 10.1 Å². The zero-order chi connectivity index (χ0) is 56.8. The average Bonchev–Trinajstić information content (AvgIpc) is 4.20. The van der Waals surface area contributed by atoms with Crippen molar-refractivity contribution in [2.24, 2.45) is 0 Å². The first-order valence-electron chi connectivity index (χ1n) is 27.3. The van der Waals surface area contributed by atoms with E-state index in [4.69, 9.17) is 31.9 Å². The molecule has 2 aliphatic heterocycles. The summed E-state index contributed by atoms with van der Waals surface area (Å²) in [7, 11) is -6.91. The van der Waals surface area contributed by atoms with Crippen LogP contribution >= 0.6 is 8.60 Å². The molecule has 7 aromatic rings. The molecule has 5 aromatic carbocycles. The summed E-state index contributed by atoms with van der Waals surface area (Å²) < 4.78 is 53.3. The highest BCUT2D eigenvalue weighted by Gasteiger charge is 2.55. The molecule has 2 saturated heterocycles. The number of likely N-dealkylation sites (N-methyl/N-ethyl adjacent to an activating group) is 1. The second kappa shape index (κ2) is 25.0. The van der Waals surface area contributed by atoms with Crippen molar-refractivity contribution in [1.82, 2.24) is 24.4 Å². The quantitative estimate of drug-likeness (QED) is 0.0479. The Morgan fingerprint density at radius 2 is 0.988 bits per heavy atom. The van der Waals surface area contributed by atoms with Crippen molar-refractivity contribution >= 4 is 46.0 Å². The Bertz CT molecular complexity index is 3320. The van der Waals surface area contributed by atoms with Gasteiger partial charge in [-0.05, 0) is 57.3 Å². The molecule has 2 aromatic heterocycles. The summed E-state index contributed by atoms with van der Waals surface area (Å²) in [5.74, 6) is 0. The highest BCUT2D eigenvalue weighted by molar-refractivity contribution is 7.41. The number of rotatable bonds is 21. The zero-order valence-electron chi connectivity index (χ0n) is 47.0. The van der Waals surface area contributed by atoms with Crippen molar-refractivity contribution in [3.05, 3.63) is 222 Å². The third-order valence-electron chi connectivity index (χ3n) is 15.2. The fourth-order valence-corrected chi connectivity index (χ4v) is 21.8. The van der Waals surface area contributed by atoms with Gasteiger partial charge in [0.2, 0.25) is 0 Å². The summed E-state index contributed by atoms with van der Waals surface area (Å²) in [6.07, 6.45) is -1.90. The van der Waals surface area contributed by atoms with E-state index in [9.17, 15) is 19.2 Å². The van der Waals surface area contributed by atoms with E-state index in [2.05, 4.69) is 105 Å². The van der Waals surface area contributed by atoms with Gasteiger partial charge < -0.3 is 37.2 Å². The summed E-state index contributed by atoms with van der Waals surface area (Å²) in [5.41, 5.74) is -0.629. The van der Waals surface area contributed by atoms with Gasteiger partial charge in [-0.1, -0.05) is 193 Å². The van der Waals surface area contributed by atoms with Gasteiger partial charge in [0.05, 0.1) is 25.4 Å². The Balaban J connectivity index is 1.12. The molecular weight excluding hydrogens is 1070 g/mol. The highest BCUT2D eigenvalue weighted by Crippen LogP contribution is 2.51. The van der Waals surface area contributed by atoms with Crippen molar-refractivity contribution in [3.8, 4) is 0 Å². The second-order valence-electron chi connectivity index (χ2n) is 22.7. The lowest BCUT2D eigenvalue weighted by molar-refractivity contribution is -0.0535. The first kappa shape index (κ1) is 58.7. The van der Waals surface area contributed by atoms with Crippen LogP contribution in [0.4, 0.5) is 0 Å². The minimum absolute atomic E-state index is 0.0580. The van der Waals surface area contributed by atoms with E-state index in [1.54, 1.807) is 13.8 Å². The van der Waals surface area contributed by atoms with Crippen molar-refractivity contribution in [2.75, 3.05) is 26.8 Å². The van der Waals surface area contributed by atoms with Crippen LogP contribution in [0.15, 0.2) is 183 Å². The lowest BCUT2D eigenvalue weighted by atomic mass is 10.1. The molecule has 0 radical (unpaired) electrons. The second-order valence-corrected chi connectivity index (χ2v) is 32.4. The molecule has 0 aliphatic carbocycles. The van der Waals surface area contributed by atoms with Crippen LogP contribution in [0, 0.1) is 13.8 Å². The number of nitrogens with one attached hydrogen (secondary N) is 3. The fourth-order valence-electron chi connectivity index (χ4n) is 11.3. The van der Waals surface area contributed by atoms with Crippen molar-refractivity contribution in [2.45, 2.75) is 121 Å². The summed E-state index contributed by atoms with van der Waals surface area (Å²) >= 11 is 0. The van der Waals surface area contributed by atoms with E-state index in [1.165, 1.54) is 21.5 Å². The summed E-state index contributed by atoms with van der Waals surface area (Å²) in [4.78, 5) is 57.7.